The number of hydrogen-bond donors (Lipinski definition) is 4. The number of benzene rings is 2. The topological polar surface area (TPSA) is 102 Å². The number of amides is 2. The molecule has 1 heterocycles. The van der Waals surface area contributed by atoms with Gasteiger partial charge in [0.2, 0.25) is 11.8 Å². The molecular formula is C30H41N3O4. The smallest absolute Gasteiger partial charge is 0.237 e. The summed E-state index contributed by atoms with van der Waals surface area (Å²) in [6.45, 7) is 6.98. The molecule has 0 unspecified atom stereocenters. The van der Waals surface area contributed by atoms with E-state index in [0.717, 1.165) is 36.1 Å². The molecule has 2 amide bonds. The third kappa shape index (κ3) is 7.18. The Morgan fingerprint density at radius 2 is 1.78 bits per heavy atom. The monoisotopic (exact) mass is 507 g/mol. The van der Waals surface area contributed by atoms with Crippen molar-refractivity contribution in [3.8, 4) is 0 Å². The molecule has 0 bridgehead atoms. The second kappa shape index (κ2) is 11.8. The lowest BCUT2D eigenvalue weighted by atomic mass is 9.91. The van der Waals surface area contributed by atoms with Crippen molar-refractivity contribution in [3.05, 3.63) is 71.3 Å². The van der Waals surface area contributed by atoms with Crippen molar-refractivity contribution in [2.24, 2.45) is 5.92 Å². The van der Waals surface area contributed by atoms with Crippen LogP contribution in [0.2, 0.25) is 0 Å². The first-order chi connectivity index (χ1) is 17.6. The Morgan fingerprint density at radius 3 is 2.51 bits per heavy atom. The Balaban J connectivity index is 1.44. The molecule has 5 atom stereocenters. The van der Waals surface area contributed by atoms with Crippen molar-refractivity contribution in [3.63, 3.8) is 0 Å². The Morgan fingerprint density at radius 1 is 1.08 bits per heavy atom. The second-order valence-electron chi connectivity index (χ2n) is 11.6. The predicted octanol–water partition coefficient (Wildman–Crippen LogP) is 2.75. The molecule has 7 nitrogen and oxygen atoms in total. The molecule has 1 saturated heterocycles. The first-order valence-electron chi connectivity index (χ1n) is 13.4. The van der Waals surface area contributed by atoms with Gasteiger partial charge in [0.25, 0.3) is 0 Å². The van der Waals surface area contributed by atoms with Crippen LogP contribution in [0.3, 0.4) is 0 Å². The summed E-state index contributed by atoms with van der Waals surface area (Å²) in [5.41, 5.74) is 2.71. The zero-order valence-electron chi connectivity index (χ0n) is 22.2. The van der Waals surface area contributed by atoms with Crippen LogP contribution in [0.5, 0.6) is 0 Å². The maximum Gasteiger partial charge on any atom is 0.237 e. The lowest BCUT2D eigenvalue weighted by molar-refractivity contribution is -0.129. The minimum absolute atomic E-state index is 0.00957. The molecule has 7 heteroatoms. The van der Waals surface area contributed by atoms with E-state index in [0.29, 0.717) is 19.4 Å². The van der Waals surface area contributed by atoms with Crippen LogP contribution in [-0.4, -0.2) is 63.8 Å². The van der Waals surface area contributed by atoms with E-state index in [-0.39, 0.29) is 29.8 Å². The number of β-amino-alcohol motifs (C(OH)–C–C–N with tert-alkyl or cyclic N) is 1. The van der Waals surface area contributed by atoms with Crippen LogP contribution in [0.15, 0.2) is 54.6 Å². The summed E-state index contributed by atoms with van der Waals surface area (Å²) in [6, 6.07) is 16.9. The van der Waals surface area contributed by atoms with Crippen molar-refractivity contribution in [2.75, 3.05) is 13.1 Å². The molecule has 4 rings (SSSR count). The molecule has 37 heavy (non-hydrogen) atoms. The predicted molar refractivity (Wildman–Crippen MR) is 144 cm³/mol. The van der Waals surface area contributed by atoms with Crippen molar-refractivity contribution in [1.29, 1.82) is 0 Å². The van der Waals surface area contributed by atoms with Crippen LogP contribution in [0.25, 0.3) is 0 Å². The zero-order valence-corrected chi connectivity index (χ0v) is 22.2. The number of likely N-dealkylation sites (tertiary alicyclic amines) is 1. The van der Waals surface area contributed by atoms with E-state index in [1.54, 1.807) is 0 Å². The van der Waals surface area contributed by atoms with Crippen molar-refractivity contribution in [2.45, 2.75) is 82.7 Å². The number of nitrogens with one attached hydrogen (secondary N) is 2. The number of carbonyl (C=O) groups excluding carboxylic acids is 2. The summed E-state index contributed by atoms with van der Waals surface area (Å²) in [5.74, 6) is -0.654. The number of fused-ring (bicyclic) bond motifs is 1. The summed E-state index contributed by atoms with van der Waals surface area (Å²) in [7, 11) is 0. The number of aliphatic hydroxyl groups is 2. The lowest BCUT2D eigenvalue weighted by Gasteiger charge is -2.30. The maximum absolute atomic E-state index is 13.5. The highest BCUT2D eigenvalue weighted by Gasteiger charge is 2.36. The highest BCUT2D eigenvalue weighted by Crippen LogP contribution is 2.32. The van der Waals surface area contributed by atoms with Crippen LogP contribution in [0, 0.1) is 5.92 Å². The van der Waals surface area contributed by atoms with E-state index in [1.807, 2.05) is 80.3 Å². The van der Waals surface area contributed by atoms with Gasteiger partial charge in [-0.25, -0.2) is 0 Å². The van der Waals surface area contributed by atoms with E-state index in [9.17, 15) is 19.8 Å². The number of carbonyl (C=O) groups is 2. The third-order valence-electron chi connectivity index (χ3n) is 7.36. The van der Waals surface area contributed by atoms with Gasteiger partial charge < -0.3 is 20.8 Å². The van der Waals surface area contributed by atoms with E-state index in [1.165, 1.54) is 0 Å². The highest BCUT2D eigenvalue weighted by molar-refractivity contribution is 5.82. The van der Waals surface area contributed by atoms with Gasteiger partial charge in [-0.2, -0.15) is 0 Å². The van der Waals surface area contributed by atoms with Gasteiger partial charge in [0.1, 0.15) is 0 Å². The normalized spacial score (nSPS) is 23.3. The summed E-state index contributed by atoms with van der Waals surface area (Å²) in [6.07, 6.45) is 1.51. The molecule has 0 saturated carbocycles. The van der Waals surface area contributed by atoms with Gasteiger partial charge in [0.05, 0.1) is 24.3 Å². The van der Waals surface area contributed by atoms with E-state index in [2.05, 4.69) is 10.6 Å². The van der Waals surface area contributed by atoms with Gasteiger partial charge in [0.15, 0.2) is 0 Å². The van der Waals surface area contributed by atoms with Crippen LogP contribution in [-0.2, 0) is 22.4 Å². The molecule has 1 aliphatic heterocycles. The third-order valence-corrected chi connectivity index (χ3v) is 7.36. The van der Waals surface area contributed by atoms with Gasteiger partial charge >= 0.3 is 0 Å². The summed E-state index contributed by atoms with van der Waals surface area (Å²) in [5, 5.41) is 27.9. The van der Waals surface area contributed by atoms with Gasteiger partial charge in [-0.1, -0.05) is 54.6 Å². The second-order valence-corrected chi connectivity index (χ2v) is 11.6. The Hall–Kier alpha value is -2.74. The number of aliphatic hydroxyl groups excluding tert-OH is 2. The Kier molecular flexibility index (Phi) is 8.67. The number of rotatable bonds is 9. The van der Waals surface area contributed by atoms with Gasteiger partial charge in [-0.3, -0.25) is 14.5 Å². The van der Waals surface area contributed by atoms with Crippen LogP contribution >= 0.6 is 0 Å². The molecule has 1 aliphatic carbocycles. The number of hydrogen-bond acceptors (Lipinski definition) is 5. The van der Waals surface area contributed by atoms with Gasteiger partial charge in [-0.05, 0) is 69.7 Å². The van der Waals surface area contributed by atoms with Gasteiger partial charge in [0, 0.05) is 24.4 Å². The van der Waals surface area contributed by atoms with Crippen molar-refractivity contribution < 1.29 is 19.8 Å². The molecule has 2 aromatic carbocycles. The average molecular weight is 508 g/mol. The SMILES string of the molecule is CC(C)(C)NC(=O)[C@@H]1CCCN1C[C@@H](O)C[C@H](Cc1ccccc1)C(=O)N[C@H]1c2ccccc2C[C@H]1O. The van der Waals surface area contributed by atoms with E-state index in [4.69, 9.17) is 0 Å². The average Bonchev–Trinajstić information content (AvgIpc) is 3.42. The fourth-order valence-electron chi connectivity index (χ4n) is 5.67. The van der Waals surface area contributed by atoms with Crippen LogP contribution in [0.4, 0.5) is 0 Å². The fourth-order valence-corrected chi connectivity index (χ4v) is 5.67. The van der Waals surface area contributed by atoms with Crippen molar-refractivity contribution >= 4 is 11.8 Å². The van der Waals surface area contributed by atoms with Crippen molar-refractivity contribution in [1.82, 2.24) is 15.5 Å². The zero-order chi connectivity index (χ0) is 26.6. The lowest BCUT2D eigenvalue weighted by Crippen LogP contribution is -2.51. The quantitative estimate of drug-likeness (QED) is 0.418. The largest absolute Gasteiger partial charge is 0.392 e. The summed E-state index contributed by atoms with van der Waals surface area (Å²) >= 11 is 0. The molecule has 2 aliphatic rings. The minimum Gasteiger partial charge on any atom is -0.392 e. The van der Waals surface area contributed by atoms with Crippen LogP contribution in [0.1, 0.15) is 62.8 Å². The molecule has 0 aromatic heterocycles. The Labute approximate surface area is 220 Å². The molecule has 200 valence electrons. The molecular weight excluding hydrogens is 466 g/mol. The molecule has 0 spiro atoms. The minimum atomic E-state index is -0.761. The summed E-state index contributed by atoms with van der Waals surface area (Å²) in [4.78, 5) is 28.4. The molecule has 2 aromatic rings. The van der Waals surface area contributed by atoms with E-state index < -0.39 is 24.2 Å². The highest BCUT2D eigenvalue weighted by atomic mass is 16.3. The summed E-state index contributed by atoms with van der Waals surface area (Å²) < 4.78 is 0. The van der Waals surface area contributed by atoms with E-state index >= 15 is 0 Å². The number of nitrogens with zero attached hydrogens (tertiary/aromatic N) is 1. The first kappa shape index (κ1) is 27.3. The fraction of sp³-hybridized carbons (Fsp3) is 0.533. The van der Waals surface area contributed by atoms with Crippen LogP contribution < -0.4 is 10.6 Å². The standard InChI is InChI=1S/C30H41N3O4/c1-30(2,3)32-29(37)25-14-9-15-33(25)19-23(34)17-22(16-20-10-5-4-6-11-20)28(36)31-27-24-13-8-7-12-21(24)18-26(27)35/h4-8,10-13,22-23,25-27,34-35H,9,14-19H2,1-3H3,(H,31,36)(H,32,37)/t22-,23-,25-,26+,27-/m0/s1. The molecule has 4 N–H and O–H groups in total. The molecule has 0 radical (unpaired) electrons. The maximum atomic E-state index is 13.5. The first-order valence-corrected chi connectivity index (χ1v) is 13.4. The Bertz CT molecular complexity index is 1070. The molecule has 1 fully saturated rings. The van der Waals surface area contributed by atoms with Gasteiger partial charge in [-0.15, -0.1) is 0 Å².